The molecule has 0 atom stereocenters. The van der Waals surface area contributed by atoms with Gasteiger partial charge in [0.05, 0.1) is 0 Å². The van der Waals surface area contributed by atoms with Crippen molar-refractivity contribution in [3.63, 3.8) is 0 Å². The summed E-state index contributed by atoms with van der Waals surface area (Å²) in [4.78, 5) is 10.4. The molecule has 0 aliphatic rings. The summed E-state index contributed by atoms with van der Waals surface area (Å²) in [7, 11) is 0. The molecule has 6 heteroatoms. The van der Waals surface area contributed by atoms with E-state index in [2.05, 4.69) is 9.97 Å². The van der Waals surface area contributed by atoms with Gasteiger partial charge in [-0.25, -0.2) is 18.7 Å². The summed E-state index contributed by atoms with van der Waals surface area (Å²) in [5.74, 6) is -0.771. The van der Waals surface area contributed by atoms with Gasteiger partial charge in [-0.1, -0.05) is 11.6 Å². The van der Waals surface area contributed by atoms with Crippen LogP contribution in [-0.4, -0.2) is 9.97 Å². The van der Waals surface area contributed by atoms with Crippen molar-refractivity contribution in [2.75, 3.05) is 0 Å². The zero-order valence-corrected chi connectivity index (χ0v) is 12.0. The maximum Gasteiger partial charge on any atom is 0.141 e. The van der Waals surface area contributed by atoms with E-state index >= 15 is 0 Å². The molecule has 2 heterocycles. The number of thiophene rings is 1. The first-order valence-corrected chi connectivity index (χ1v) is 7.08. The van der Waals surface area contributed by atoms with Crippen LogP contribution in [-0.2, 0) is 6.42 Å². The number of nitrogens with zero attached hydrogens (tertiary/aromatic N) is 2. The van der Waals surface area contributed by atoms with Gasteiger partial charge < -0.3 is 0 Å². The van der Waals surface area contributed by atoms with Crippen LogP contribution in [0.25, 0.3) is 10.2 Å². The Hall–Kier alpha value is -1.59. The third-order valence-electron chi connectivity index (χ3n) is 2.80. The molecule has 3 aromatic rings. The summed E-state index contributed by atoms with van der Waals surface area (Å²) in [6.07, 6.45) is 0.237. The van der Waals surface area contributed by atoms with Crippen LogP contribution in [0, 0.1) is 18.6 Å². The first-order valence-electron chi connectivity index (χ1n) is 5.89. The molecule has 0 aliphatic carbocycles. The van der Waals surface area contributed by atoms with E-state index in [-0.39, 0.29) is 6.42 Å². The normalized spacial score (nSPS) is 11.2. The second-order valence-electron chi connectivity index (χ2n) is 4.46. The molecule has 0 unspecified atom stereocenters. The molecule has 2 aromatic heterocycles. The zero-order chi connectivity index (χ0) is 14.3. The van der Waals surface area contributed by atoms with Gasteiger partial charge in [0, 0.05) is 22.8 Å². The van der Waals surface area contributed by atoms with Gasteiger partial charge in [0.15, 0.2) is 0 Å². The molecule has 0 bridgehead atoms. The summed E-state index contributed by atoms with van der Waals surface area (Å²) in [5.41, 5.74) is 0.478. The fourth-order valence-corrected chi connectivity index (χ4v) is 3.22. The van der Waals surface area contributed by atoms with E-state index in [4.69, 9.17) is 11.6 Å². The minimum absolute atomic E-state index is 0.237. The van der Waals surface area contributed by atoms with E-state index in [1.165, 1.54) is 23.5 Å². The third-order valence-corrected chi connectivity index (χ3v) is 4.03. The molecule has 20 heavy (non-hydrogen) atoms. The Balaban J connectivity index is 2.01. The Labute approximate surface area is 123 Å². The largest absolute Gasteiger partial charge is 0.222 e. The minimum atomic E-state index is -0.612. The fraction of sp³-hybridized carbons (Fsp3) is 0.143. The number of aromatic nitrogens is 2. The van der Waals surface area contributed by atoms with Gasteiger partial charge in [-0.15, -0.1) is 11.3 Å². The van der Waals surface area contributed by atoms with Crippen LogP contribution in [0.15, 0.2) is 24.3 Å². The summed E-state index contributed by atoms with van der Waals surface area (Å²) in [6.45, 7) is 1.96. The van der Waals surface area contributed by atoms with Gasteiger partial charge in [-0.2, -0.15) is 0 Å². The van der Waals surface area contributed by atoms with Crippen molar-refractivity contribution in [2.45, 2.75) is 13.3 Å². The molecule has 0 saturated carbocycles. The van der Waals surface area contributed by atoms with Crippen LogP contribution in [0.1, 0.15) is 16.3 Å². The number of hydrogen-bond donors (Lipinski definition) is 0. The van der Waals surface area contributed by atoms with Crippen molar-refractivity contribution in [3.05, 3.63) is 57.3 Å². The fourth-order valence-electron chi connectivity index (χ4n) is 2.02. The lowest BCUT2D eigenvalue weighted by Crippen LogP contribution is -1.98. The van der Waals surface area contributed by atoms with Crippen molar-refractivity contribution < 1.29 is 8.78 Å². The van der Waals surface area contributed by atoms with Crippen molar-refractivity contribution in [3.8, 4) is 0 Å². The minimum Gasteiger partial charge on any atom is -0.222 e. The lowest BCUT2D eigenvalue weighted by Gasteiger charge is -2.03. The van der Waals surface area contributed by atoms with Gasteiger partial charge in [0.1, 0.15) is 27.4 Å². The number of hydrogen-bond acceptors (Lipinski definition) is 3. The first-order chi connectivity index (χ1) is 9.51. The quantitative estimate of drug-likeness (QED) is 0.650. The molecule has 102 valence electrons. The Morgan fingerprint density at radius 1 is 1.10 bits per heavy atom. The Bertz CT molecular complexity index is 781. The highest BCUT2D eigenvalue weighted by Gasteiger charge is 2.10. The molecule has 0 radical (unpaired) electrons. The third kappa shape index (κ3) is 2.64. The maximum absolute atomic E-state index is 13.2. The summed E-state index contributed by atoms with van der Waals surface area (Å²) < 4.78 is 26.3. The molecular weight excluding hydrogens is 302 g/mol. The van der Waals surface area contributed by atoms with Crippen LogP contribution in [0.5, 0.6) is 0 Å². The van der Waals surface area contributed by atoms with E-state index in [0.717, 1.165) is 21.2 Å². The number of aryl methyl sites for hydroxylation is 1. The Morgan fingerprint density at radius 3 is 2.50 bits per heavy atom. The molecule has 3 rings (SSSR count). The van der Waals surface area contributed by atoms with Crippen LogP contribution >= 0.6 is 22.9 Å². The number of halogens is 3. The van der Waals surface area contributed by atoms with Gasteiger partial charge in [-0.05, 0) is 30.7 Å². The predicted molar refractivity (Wildman–Crippen MR) is 76.3 cm³/mol. The van der Waals surface area contributed by atoms with E-state index < -0.39 is 11.6 Å². The van der Waals surface area contributed by atoms with E-state index in [1.807, 2.05) is 13.0 Å². The zero-order valence-electron chi connectivity index (χ0n) is 10.5. The van der Waals surface area contributed by atoms with Crippen molar-refractivity contribution >= 4 is 33.2 Å². The molecule has 0 fully saturated rings. The van der Waals surface area contributed by atoms with Crippen molar-refractivity contribution in [2.24, 2.45) is 0 Å². The van der Waals surface area contributed by atoms with Gasteiger partial charge in [0.25, 0.3) is 0 Å². The molecular formula is C14H9ClF2N2S. The maximum atomic E-state index is 13.2. The smallest absolute Gasteiger partial charge is 0.141 e. The number of fused-ring (bicyclic) bond motifs is 1. The molecule has 0 N–H and O–H groups in total. The number of benzene rings is 1. The second kappa shape index (κ2) is 5.07. The Kier molecular flexibility index (Phi) is 3.40. The number of rotatable bonds is 2. The van der Waals surface area contributed by atoms with Gasteiger partial charge in [0.2, 0.25) is 0 Å². The predicted octanol–water partition coefficient (Wildman–Crippen LogP) is 4.52. The second-order valence-corrected chi connectivity index (χ2v) is 6.05. The van der Waals surface area contributed by atoms with Crippen LogP contribution in [0.2, 0.25) is 5.15 Å². The highest BCUT2D eigenvalue weighted by Crippen LogP contribution is 2.28. The lowest BCUT2D eigenvalue weighted by atomic mass is 10.1. The Morgan fingerprint density at radius 2 is 1.80 bits per heavy atom. The standard InChI is InChI=1S/C14H9ClF2N2S/c1-7-2-11-13(15)18-12(19-14(11)20-7)5-8-3-9(16)6-10(17)4-8/h2-4,6H,5H2,1H3. The highest BCUT2D eigenvalue weighted by molar-refractivity contribution is 7.18. The summed E-state index contributed by atoms with van der Waals surface area (Å²) in [6, 6.07) is 5.30. The van der Waals surface area contributed by atoms with E-state index in [1.54, 1.807) is 0 Å². The average Bonchev–Trinajstić information content (AvgIpc) is 2.68. The highest BCUT2D eigenvalue weighted by atomic mass is 35.5. The summed E-state index contributed by atoms with van der Waals surface area (Å²) in [5, 5.41) is 1.18. The molecule has 0 saturated heterocycles. The van der Waals surface area contributed by atoms with Crippen molar-refractivity contribution in [1.82, 2.24) is 9.97 Å². The SMILES string of the molecule is Cc1cc2c(Cl)nc(Cc3cc(F)cc(F)c3)nc2s1. The molecule has 0 spiro atoms. The van der Waals surface area contributed by atoms with Gasteiger partial charge in [-0.3, -0.25) is 0 Å². The van der Waals surface area contributed by atoms with Crippen LogP contribution in [0.4, 0.5) is 8.78 Å². The molecule has 0 amide bonds. The molecule has 1 aromatic carbocycles. The molecule has 0 aliphatic heterocycles. The topological polar surface area (TPSA) is 25.8 Å². The molecule has 2 nitrogen and oxygen atoms in total. The summed E-state index contributed by atoms with van der Waals surface area (Å²) >= 11 is 7.63. The monoisotopic (exact) mass is 310 g/mol. The lowest BCUT2D eigenvalue weighted by molar-refractivity contribution is 0.580. The average molecular weight is 311 g/mol. The van der Waals surface area contributed by atoms with E-state index in [0.29, 0.717) is 16.5 Å². The van der Waals surface area contributed by atoms with E-state index in [9.17, 15) is 8.78 Å². The first kappa shape index (κ1) is 13.4. The van der Waals surface area contributed by atoms with Crippen LogP contribution < -0.4 is 0 Å². The van der Waals surface area contributed by atoms with Gasteiger partial charge >= 0.3 is 0 Å². The van der Waals surface area contributed by atoms with Crippen molar-refractivity contribution in [1.29, 1.82) is 0 Å². The van der Waals surface area contributed by atoms with Crippen LogP contribution in [0.3, 0.4) is 0 Å².